The van der Waals surface area contributed by atoms with Gasteiger partial charge in [0.05, 0.1) is 29.7 Å². The molecule has 6 nitrogen and oxygen atoms in total. The normalized spacial score (nSPS) is 14.2. The van der Waals surface area contributed by atoms with E-state index >= 15 is 0 Å². The molecule has 178 valence electrons. The van der Waals surface area contributed by atoms with Crippen molar-refractivity contribution in [2.24, 2.45) is 5.16 Å². The van der Waals surface area contributed by atoms with E-state index in [2.05, 4.69) is 35.3 Å². The third-order valence-corrected chi connectivity index (χ3v) is 6.47. The molecule has 0 atom stereocenters. The highest BCUT2D eigenvalue weighted by Crippen LogP contribution is 2.29. The zero-order valence-electron chi connectivity index (χ0n) is 20.5. The SMILES string of the molecule is COc1cc(C)nc(-c2cccc(CCCON=C3CCCc4c3nc3ccccc3c4C)n2)c1. The minimum atomic E-state index is 0.536. The van der Waals surface area contributed by atoms with Crippen molar-refractivity contribution in [3.63, 3.8) is 0 Å². The van der Waals surface area contributed by atoms with Crippen molar-refractivity contribution in [1.29, 1.82) is 0 Å². The highest BCUT2D eigenvalue weighted by molar-refractivity contribution is 6.03. The second kappa shape index (κ2) is 10.2. The second-order valence-corrected chi connectivity index (χ2v) is 8.96. The van der Waals surface area contributed by atoms with Gasteiger partial charge >= 0.3 is 0 Å². The summed E-state index contributed by atoms with van der Waals surface area (Å²) >= 11 is 0. The summed E-state index contributed by atoms with van der Waals surface area (Å²) in [5.74, 6) is 0.786. The molecule has 0 amide bonds. The Kier molecular flexibility index (Phi) is 6.70. The topological polar surface area (TPSA) is 69.5 Å². The van der Waals surface area contributed by atoms with Gasteiger partial charge in [-0.2, -0.15) is 0 Å². The van der Waals surface area contributed by atoms with Crippen molar-refractivity contribution in [1.82, 2.24) is 15.0 Å². The van der Waals surface area contributed by atoms with Crippen molar-refractivity contribution in [2.75, 3.05) is 13.7 Å². The van der Waals surface area contributed by atoms with Crippen molar-refractivity contribution in [3.8, 4) is 17.1 Å². The average Bonchev–Trinajstić information content (AvgIpc) is 2.89. The molecule has 0 saturated carbocycles. The van der Waals surface area contributed by atoms with Crippen LogP contribution in [-0.2, 0) is 17.7 Å². The molecule has 3 aromatic heterocycles. The fourth-order valence-electron chi connectivity index (χ4n) is 4.69. The number of hydrogen-bond donors (Lipinski definition) is 0. The lowest BCUT2D eigenvalue weighted by atomic mass is 9.89. The molecule has 0 bridgehead atoms. The summed E-state index contributed by atoms with van der Waals surface area (Å²) in [5, 5.41) is 5.73. The maximum Gasteiger partial charge on any atom is 0.122 e. The van der Waals surface area contributed by atoms with Crippen LogP contribution in [0.3, 0.4) is 0 Å². The van der Waals surface area contributed by atoms with E-state index in [1.54, 1.807) is 7.11 Å². The summed E-state index contributed by atoms with van der Waals surface area (Å²) in [5.41, 5.74) is 9.17. The van der Waals surface area contributed by atoms with E-state index in [4.69, 9.17) is 19.5 Å². The zero-order chi connectivity index (χ0) is 24.2. The van der Waals surface area contributed by atoms with Crippen LogP contribution in [0.2, 0.25) is 0 Å². The van der Waals surface area contributed by atoms with Gasteiger partial charge in [-0.15, -0.1) is 0 Å². The number of nitrogens with zero attached hydrogens (tertiary/aromatic N) is 4. The Morgan fingerprint density at radius 3 is 2.69 bits per heavy atom. The van der Waals surface area contributed by atoms with E-state index in [1.165, 1.54) is 16.5 Å². The maximum absolute atomic E-state index is 5.76. The Morgan fingerprint density at radius 2 is 1.80 bits per heavy atom. The van der Waals surface area contributed by atoms with Crippen LogP contribution in [0.15, 0.2) is 59.8 Å². The molecular weight excluding hydrogens is 436 g/mol. The maximum atomic E-state index is 5.76. The predicted molar refractivity (Wildman–Crippen MR) is 139 cm³/mol. The quantitative estimate of drug-likeness (QED) is 0.247. The summed E-state index contributed by atoms with van der Waals surface area (Å²) in [4.78, 5) is 20.1. The van der Waals surface area contributed by atoms with Crippen LogP contribution in [0.5, 0.6) is 5.75 Å². The van der Waals surface area contributed by atoms with Gasteiger partial charge in [0.15, 0.2) is 0 Å². The number of para-hydroxylation sites is 1. The molecule has 1 aromatic carbocycles. The van der Waals surface area contributed by atoms with Crippen LogP contribution < -0.4 is 4.74 Å². The van der Waals surface area contributed by atoms with E-state index < -0.39 is 0 Å². The van der Waals surface area contributed by atoms with E-state index in [1.807, 2.05) is 43.3 Å². The molecule has 0 unspecified atom stereocenters. The fraction of sp³-hybridized carbons (Fsp3) is 0.310. The molecule has 6 heteroatoms. The molecule has 1 aliphatic rings. The molecule has 1 aliphatic carbocycles. The molecule has 0 radical (unpaired) electrons. The van der Waals surface area contributed by atoms with Crippen molar-refractivity contribution in [3.05, 3.63) is 82.8 Å². The smallest absolute Gasteiger partial charge is 0.122 e. The Bertz CT molecular complexity index is 1400. The lowest BCUT2D eigenvalue weighted by Gasteiger charge is -2.20. The molecule has 3 heterocycles. The number of benzene rings is 1. The van der Waals surface area contributed by atoms with Crippen molar-refractivity contribution in [2.45, 2.75) is 46.0 Å². The van der Waals surface area contributed by atoms with E-state index in [9.17, 15) is 0 Å². The molecule has 0 fully saturated rings. The number of ether oxygens (including phenoxy) is 1. The molecule has 0 spiro atoms. The highest BCUT2D eigenvalue weighted by atomic mass is 16.6. The summed E-state index contributed by atoms with van der Waals surface area (Å²) in [6, 6.07) is 18.2. The number of oxime groups is 1. The third kappa shape index (κ3) is 5.02. The Hall–Kier alpha value is -3.80. The van der Waals surface area contributed by atoms with Gasteiger partial charge in [-0.25, -0.2) is 4.98 Å². The summed E-state index contributed by atoms with van der Waals surface area (Å²) in [7, 11) is 1.66. The molecule has 0 aliphatic heterocycles. The summed E-state index contributed by atoms with van der Waals surface area (Å²) < 4.78 is 5.38. The number of methoxy groups -OCH3 is 1. The average molecular weight is 467 g/mol. The number of aryl methyl sites for hydroxylation is 3. The van der Waals surface area contributed by atoms with E-state index in [0.29, 0.717) is 6.61 Å². The monoisotopic (exact) mass is 466 g/mol. The number of hydrogen-bond acceptors (Lipinski definition) is 6. The van der Waals surface area contributed by atoms with Crippen LogP contribution in [0.4, 0.5) is 0 Å². The first-order chi connectivity index (χ1) is 17.1. The van der Waals surface area contributed by atoms with Crippen LogP contribution in [0.25, 0.3) is 22.3 Å². The summed E-state index contributed by atoms with van der Waals surface area (Å²) in [6.45, 7) is 4.68. The zero-order valence-corrected chi connectivity index (χ0v) is 20.5. The first-order valence-electron chi connectivity index (χ1n) is 12.2. The molecule has 0 N–H and O–H groups in total. The minimum absolute atomic E-state index is 0.536. The highest BCUT2D eigenvalue weighted by Gasteiger charge is 2.21. The number of rotatable bonds is 7. The number of pyridine rings is 3. The summed E-state index contributed by atoms with van der Waals surface area (Å²) in [6.07, 6.45) is 4.65. The van der Waals surface area contributed by atoms with Gasteiger partial charge in [-0.1, -0.05) is 29.4 Å². The molecule has 4 aromatic rings. The minimum Gasteiger partial charge on any atom is -0.497 e. The van der Waals surface area contributed by atoms with Gasteiger partial charge in [0, 0.05) is 28.9 Å². The third-order valence-electron chi connectivity index (χ3n) is 6.47. The number of aromatic nitrogens is 3. The largest absolute Gasteiger partial charge is 0.497 e. The number of fused-ring (bicyclic) bond motifs is 2. The lowest BCUT2D eigenvalue weighted by Crippen LogP contribution is -2.16. The van der Waals surface area contributed by atoms with Gasteiger partial charge in [0.25, 0.3) is 0 Å². The Morgan fingerprint density at radius 1 is 0.914 bits per heavy atom. The first-order valence-corrected chi connectivity index (χ1v) is 12.2. The fourth-order valence-corrected chi connectivity index (χ4v) is 4.69. The van der Waals surface area contributed by atoms with Crippen LogP contribution in [0, 0.1) is 13.8 Å². The Labute approximate surface area is 206 Å². The van der Waals surface area contributed by atoms with Gasteiger partial charge in [0.2, 0.25) is 0 Å². The first kappa shape index (κ1) is 23.0. The van der Waals surface area contributed by atoms with Gasteiger partial charge in [-0.3, -0.25) is 9.97 Å². The van der Waals surface area contributed by atoms with Crippen molar-refractivity contribution >= 4 is 16.6 Å². The molecular formula is C29H30N4O2. The molecule has 0 saturated heterocycles. The van der Waals surface area contributed by atoms with Gasteiger partial charge in [-0.05, 0) is 75.3 Å². The predicted octanol–water partition coefficient (Wildman–Crippen LogP) is 6.01. The van der Waals surface area contributed by atoms with Gasteiger partial charge < -0.3 is 9.57 Å². The second-order valence-electron chi connectivity index (χ2n) is 8.96. The van der Waals surface area contributed by atoms with Crippen LogP contribution in [0.1, 0.15) is 47.5 Å². The molecule has 35 heavy (non-hydrogen) atoms. The molecule has 5 rings (SSSR count). The Balaban J connectivity index is 1.24. The van der Waals surface area contributed by atoms with E-state index in [0.717, 1.165) is 77.6 Å². The van der Waals surface area contributed by atoms with Crippen LogP contribution >= 0.6 is 0 Å². The van der Waals surface area contributed by atoms with Gasteiger partial charge in [0.1, 0.15) is 18.1 Å². The lowest BCUT2D eigenvalue weighted by molar-refractivity contribution is 0.141. The van der Waals surface area contributed by atoms with E-state index in [-0.39, 0.29) is 0 Å². The standard InChI is InChI=1S/C29H30N4O2/c1-19-17-22(34-3)18-28(30-19)26-14-6-9-21(31-26)10-8-16-35-33-27-15-7-12-24-20(2)23-11-4-5-13-25(23)32-29(24)27/h4-6,9,11,13-14,17-18H,7-8,10,12,15-16H2,1-3H3. The van der Waals surface area contributed by atoms with Crippen LogP contribution in [-0.4, -0.2) is 34.4 Å². The van der Waals surface area contributed by atoms with Crippen molar-refractivity contribution < 1.29 is 9.57 Å².